The minimum atomic E-state index is 0.744. The number of ether oxygens (including phenoxy) is 1. The molecule has 0 atom stereocenters. The summed E-state index contributed by atoms with van der Waals surface area (Å²) in [4.78, 5) is 3.29. The molecule has 2 heterocycles. The third kappa shape index (κ3) is 2.29. The first kappa shape index (κ1) is 10.7. The number of aromatic amines is 1. The molecule has 1 aromatic carbocycles. The highest BCUT2D eigenvalue weighted by Gasteiger charge is 2.13. The molecule has 0 spiro atoms. The van der Waals surface area contributed by atoms with Crippen LogP contribution in [0.5, 0.6) is 0 Å². The molecule has 1 fully saturated rings. The van der Waals surface area contributed by atoms with Crippen LogP contribution in [0.1, 0.15) is 12.8 Å². The standard InChI is InChI=1S/C14H18N2O/c1-2-12-4-7-15-14(12)13(3-1)16-10-11-5-8-17-9-6-11/h1-4,7,11,15-16H,5-6,8-10H2. The van der Waals surface area contributed by atoms with Gasteiger partial charge in [-0.25, -0.2) is 0 Å². The van der Waals surface area contributed by atoms with Gasteiger partial charge >= 0.3 is 0 Å². The van der Waals surface area contributed by atoms with Gasteiger partial charge in [-0.1, -0.05) is 12.1 Å². The summed E-state index contributed by atoms with van der Waals surface area (Å²) in [6.07, 6.45) is 4.34. The molecule has 3 rings (SSSR count). The Bertz CT molecular complexity index is 486. The van der Waals surface area contributed by atoms with Gasteiger partial charge in [0.25, 0.3) is 0 Å². The van der Waals surface area contributed by atoms with Crippen molar-refractivity contribution in [2.75, 3.05) is 25.1 Å². The maximum atomic E-state index is 5.38. The maximum Gasteiger partial charge on any atom is 0.0689 e. The van der Waals surface area contributed by atoms with Gasteiger partial charge in [0.15, 0.2) is 0 Å². The molecule has 1 aromatic heterocycles. The number of para-hydroxylation sites is 1. The number of nitrogens with one attached hydrogen (secondary N) is 2. The third-order valence-corrected chi connectivity index (χ3v) is 3.51. The summed E-state index contributed by atoms with van der Waals surface area (Å²) in [7, 11) is 0. The van der Waals surface area contributed by atoms with Crippen LogP contribution in [0.25, 0.3) is 10.9 Å². The minimum Gasteiger partial charge on any atom is -0.383 e. The smallest absolute Gasteiger partial charge is 0.0689 e. The molecule has 0 amide bonds. The van der Waals surface area contributed by atoms with Crippen molar-refractivity contribution in [1.29, 1.82) is 0 Å². The lowest BCUT2D eigenvalue weighted by Crippen LogP contribution is -2.22. The summed E-state index contributed by atoms with van der Waals surface area (Å²) >= 11 is 0. The van der Waals surface area contributed by atoms with Crippen LogP contribution in [-0.2, 0) is 4.74 Å². The van der Waals surface area contributed by atoms with Crippen LogP contribution < -0.4 is 5.32 Å². The van der Waals surface area contributed by atoms with Gasteiger partial charge in [0.1, 0.15) is 0 Å². The lowest BCUT2D eigenvalue weighted by atomic mass is 10.0. The number of hydrogen-bond donors (Lipinski definition) is 2. The van der Waals surface area contributed by atoms with Crippen molar-refractivity contribution in [2.45, 2.75) is 12.8 Å². The van der Waals surface area contributed by atoms with Gasteiger partial charge in [-0.3, -0.25) is 0 Å². The number of benzene rings is 1. The summed E-state index contributed by atoms with van der Waals surface area (Å²) in [5, 5.41) is 4.82. The zero-order chi connectivity index (χ0) is 11.5. The summed E-state index contributed by atoms with van der Waals surface area (Å²) in [5.74, 6) is 0.744. The van der Waals surface area contributed by atoms with E-state index in [9.17, 15) is 0 Å². The van der Waals surface area contributed by atoms with Crippen LogP contribution in [0.2, 0.25) is 0 Å². The first-order chi connectivity index (χ1) is 8.43. The fraction of sp³-hybridized carbons (Fsp3) is 0.429. The average Bonchev–Trinajstić information content (AvgIpc) is 2.86. The maximum absolute atomic E-state index is 5.38. The van der Waals surface area contributed by atoms with Crippen LogP contribution in [0.15, 0.2) is 30.5 Å². The lowest BCUT2D eigenvalue weighted by Gasteiger charge is -2.22. The topological polar surface area (TPSA) is 37.0 Å². The Labute approximate surface area is 101 Å². The van der Waals surface area contributed by atoms with Crippen molar-refractivity contribution < 1.29 is 4.74 Å². The molecular formula is C14H18N2O. The van der Waals surface area contributed by atoms with Crippen LogP contribution in [-0.4, -0.2) is 24.7 Å². The van der Waals surface area contributed by atoms with E-state index in [1.165, 1.54) is 29.4 Å². The van der Waals surface area contributed by atoms with Crippen molar-refractivity contribution in [3.05, 3.63) is 30.5 Å². The quantitative estimate of drug-likeness (QED) is 0.850. The van der Waals surface area contributed by atoms with Crippen molar-refractivity contribution in [3.8, 4) is 0 Å². The number of hydrogen-bond acceptors (Lipinski definition) is 2. The Morgan fingerprint density at radius 1 is 1.24 bits per heavy atom. The van der Waals surface area contributed by atoms with Crippen molar-refractivity contribution >= 4 is 16.6 Å². The number of anilines is 1. The highest BCUT2D eigenvalue weighted by molar-refractivity contribution is 5.90. The molecular weight excluding hydrogens is 212 g/mol. The molecule has 0 aliphatic carbocycles. The molecule has 1 aliphatic rings. The van der Waals surface area contributed by atoms with Gasteiger partial charge in [-0.2, -0.15) is 0 Å². The van der Waals surface area contributed by atoms with E-state index < -0.39 is 0 Å². The largest absolute Gasteiger partial charge is 0.383 e. The highest BCUT2D eigenvalue weighted by Crippen LogP contribution is 2.23. The van der Waals surface area contributed by atoms with E-state index in [0.29, 0.717) is 0 Å². The van der Waals surface area contributed by atoms with E-state index in [0.717, 1.165) is 25.7 Å². The van der Waals surface area contributed by atoms with Gasteiger partial charge in [-0.05, 0) is 30.9 Å². The summed E-state index contributed by atoms with van der Waals surface area (Å²) in [6.45, 7) is 2.87. The average molecular weight is 230 g/mol. The fourth-order valence-corrected chi connectivity index (χ4v) is 2.44. The number of fused-ring (bicyclic) bond motifs is 1. The fourth-order valence-electron chi connectivity index (χ4n) is 2.44. The Morgan fingerprint density at radius 2 is 2.12 bits per heavy atom. The Hall–Kier alpha value is -1.48. The van der Waals surface area contributed by atoms with E-state index in [-0.39, 0.29) is 0 Å². The van der Waals surface area contributed by atoms with Crippen LogP contribution in [0, 0.1) is 5.92 Å². The summed E-state index contributed by atoms with van der Waals surface area (Å²) in [6, 6.07) is 8.47. The van der Waals surface area contributed by atoms with Gasteiger partial charge in [0, 0.05) is 31.3 Å². The first-order valence-corrected chi connectivity index (χ1v) is 6.31. The molecule has 2 aromatic rings. The third-order valence-electron chi connectivity index (χ3n) is 3.51. The second-order valence-corrected chi connectivity index (χ2v) is 4.68. The molecule has 3 heteroatoms. The zero-order valence-corrected chi connectivity index (χ0v) is 9.91. The molecule has 90 valence electrons. The van der Waals surface area contributed by atoms with Crippen LogP contribution >= 0.6 is 0 Å². The van der Waals surface area contributed by atoms with Crippen molar-refractivity contribution in [3.63, 3.8) is 0 Å². The van der Waals surface area contributed by atoms with E-state index in [1.807, 2.05) is 6.20 Å². The Morgan fingerprint density at radius 3 is 3.00 bits per heavy atom. The monoisotopic (exact) mass is 230 g/mol. The molecule has 1 aliphatic heterocycles. The Balaban J connectivity index is 1.69. The molecule has 2 N–H and O–H groups in total. The molecule has 1 saturated heterocycles. The van der Waals surface area contributed by atoms with E-state index >= 15 is 0 Å². The summed E-state index contributed by atoms with van der Waals surface area (Å²) < 4.78 is 5.38. The summed E-state index contributed by atoms with van der Waals surface area (Å²) in [5.41, 5.74) is 2.42. The normalized spacial score (nSPS) is 17.4. The van der Waals surface area contributed by atoms with Crippen LogP contribution in [0.3, 0.4) is 0 Å². The second kappa shape index (κ2) is 4.80. The van der Waals surface area contributed by atoms with Gasteiger partial charge in [-0.15, -0.1) is 0 Å². The predicted molar refractivity (Wildman–Crippen MR) is 70.3 cm³/mol. The zero-order valence-electron chi connectivity index (χ0n) is 9.91. The number of aromatic nitrogens is 1. The van der Waals surface area contributed by atoms with Gasteiger partial charge in [0.2, 0.25) is 0 Å². The first-order valence-electron chi connectivity index (χ1n) is 6.31. The van der Waals surface area contributed by atoms with Gasteiger partial charge < -0.3 is 15.0 Å². The molecule has 0 saturated carbocycles. The van der Waals surface area contributed by atoms with Gasteiger partial charge in [0.05, 0.1) is 11.2 Å². The molecule has 3 nitrogen and oxygen atoms in total. The van der Waals surface area contributed by atoms with E-state index in [4.69, 9.17) is 4.74 Å². The molecule has 0 radical (unpaired) electrons. The highest BCUT2D eigenvalue weighted by atomic mass is 16.5. The molecule has 17 heavy (non-hydrogen) atoms. The molecule has 0 unspecified atom stereocenters. The predicted octanol–water partition coefficient (Wildman–Crippen LogP) is 3.01. The van der Waals surface area contributed by atoms with Crippen molar-refractivity contribution in [2.24, 2.45) is 5.92 Å². The van der Waals surface area contributed by atoms with E-state index in [1.54, 1.807) is 0 Å². The SMILES string of the molecule is c1cc(NCC2CCOCC2)c2[nH]ccc2c1. The number of H-pyrrole nitrogens is 1. The molecule has 0 bridgehead atoms. The van der Waals surface area contributed by atoms with Crippen molar-refractivity contribution in [1.82, 2.24) is 4.98 Å². The van der Waals surface area contributed by atoms with Crippen LogP contribution in [0.4, 0.5) is 5.69 Å². The Kier molecular flexibility index (Phi) is 3.01. The second-order valence-electron chi connectivity index (χ2n) is 4.68. The lowest BCUT2D eigenvalue weighted by molar-refractivity contribution is 0.0699. The van der Waals surface area contributed by atoms with E-state index in [2.05, 4.69) is 34.6 Å². The minimum absolute atomic E-state index is 0.744. The number of rotatable bonds is 3.